The number of carbonyl (C=O) groups is 2. The second kappa shape index (κ2) is 9.67. The van der Waals surface area contributed by atoms with Gasteiger partial charge < -0.3 is 15.1 Å². The molecule has 1 fully saturated rings. The first kappa shape index (κ1) is 20.4. The molecule has 1 aliphatic heterocycles. The first-order valence-electron chi connectivity index (χ1n) is 9.56. The molecule has 1 N–H and O–H groups in total. The molecule has 6 heteroatoms. The van der Waals surface area contributed by atoms with Gasteiger partial charge >= 0.3 is 0 Å². The number of hydrogen-bond acceptors (Lipinski definition) is 5. The Balaban J connectivity index is 1.98. The van der Waals surface area contributed by atoms with Crippen LogP contribution in [0.5, 0.6) is 0 Å². The molecule has 2 rings (SSSR count). The molecule has 1 saturated heterocycles. The molecule has 1 atom stereocenters. The molecule has 0 aliphatic carbocycles. The zero-order valence-electron chi connectivity index (χ0n) is 16.5. The molecular formula is C20H32N4O2. The Morgan fingerprint density at radius 3 is 2.77 bits per heavy atom. The van der Waals surface area contributed by atoms with E-state index in [4.69, 9.17) is 0 Å². The van der Waals surface area contributed by atoms with Gasteiger partial charge in [-0.25, -0.2) is 4.98 Å². The third-order valence-electron chi connectivity index (χ3n) is 4.86. The summed E-state index contributed by atoms with van der Waals surface area (Å²) in [5.41, 5.74) is 0.590. The van der Waals surface area contributed by atoms with Crippen molar-refractivity contribution < 1.29 is 9.59 Å². The second-order valence-corrected chi connectivity index (χ2v) is 7.58. The molecular weight excluding hydrogens is 328 g/mol. The number of carbonyl (C=O) groups excluding carboxylic acids is 2. The number of ketones is 1. The summed E-state index contributed by atoms with van der Waals surface area (Å²) < 4.78 is 0. The van der Waals surface area contributed by atoms with E-state index in [9.17, 15) is 9.59 Å². The van der Waals surface area contributed by atoms with E-state index in [1.807, 2.05) is 36.0 Å². The highest BCUT2D eigenvalue weighted by molar-refractivity contribution is 5.94. The smallest absolute Gasteiger partial charge is 0.255 e. The van der Waals surface area contributed by atoms with Crippen LogP contribution in [-0.2, 0) is 4.79 Å². The van der Waals surface area contributed by atoms with Crippen LogP contribution in [0.2, 0.25) is 0 Å². The van der Waals surface area contributed by atoms with E-state index in [-0.39, 0.29) is 17.6 Å². The van der Waals surface area contributed by atoms with Crippen molar-refractivity contribution in [2.45, 2.75) is 33.1 Å². The summed E-state index contributed by atoms with van der Waals surface area (Å²) in [6.45, 7) is 7.10. The average Bonchev–Trinajstić information content (AvgIpc) is 2.65. The van der Waals surface area contributed by atoms with E-state index < -0.39 is 0 Å². The predicted molar refractivity (Wildman–Crippen MR) is 105 cm³/mol. The van der Waals surface area contributed by atoms with Crippen LogP contribution in [-0.4, -0.2) is 61.8 Å². The van der Waals surface area contributed by atoms with Gasteiger partial charge in [-0.2, -0.15) is 0 Å². The number of Topliss-reactive ketones (excluding diaryl/α,β-unsaturated/α-hetero) is 1. The molecule has 1 aliphatic rings. The Bertz CT molecular complexity index is 600. The number of rotatable bonds is 8. The van der Waals surface area contributed by atoms with Crippen molar-refractivity contribution in [2.75, 3.05) is 45.2 Å². The molecule has 0 aromatic carbocycles. The maximum atomic E-state index is 12.8. The van der Waals surface area contributed by atoms with Crippen LogP contribution < -0.4 is 10.2 Å². The highest BCUT2D eigenvalue weighted by atomic mass is 16.2. The number of likely N-dealkylation sites (tertiary alicyclic amines) is 1. The number of aromatic nitrogens is 1. The SMILES string of the molecule is CNCCN(C)c1ccc(C(=O)N2CCCC(C(=O)CC(C)C)C2)cn1. The van der Waals surface area contributed by atoms with Gasteiger partial charge in [-0.15, -0.1) is 0 Å². The lowest BCUT2D eigenvalue weighted by atomic mass is 9.89. The van der Waals surface area contributed by atoms with Crippen LogP contribution in [0.3, 0.4) is 0 Å². The molecule has 0 bridgehead atoms. The van der Waals surface area contributed by atoms with Gasteiger partial charge in [0, 0.05) is 51.8 Å². The topological polar surface area (TPSA) is 65.5 Å². The first-order valence-corrected chi connectivity index (χ1v) is 9.56. The Morgan fingerprint density at radius 2 is 2.15 bits per heavy atom. The van der Waals surface area contributed by atoms with E-state index in [1.165, 1.54) is 0 Å². The highest BCUT2D eigenvalue weighted by Crippen LogP contribution is 2.22. The van der Waals surface area contributed by atoms with E-state index >= 15 is 0 Å². The van der Waals surface area contributed by atoms with Crippen molar-refractivity contribution in [2.24, 2.45) is 11.8 Å². The van der Waals surface area contributed by atoms with E-state index in [0.29, 0.717) is 31.0 Å². The van der Waals surface area contributed by atoms with Crippen LogP contribution >= 0.6 is 0 Å². The fraction of sp³-hybridized carbons (Fsp3) is 0.650. The Labute approximate surface area is 157 Å². The van der Waals surface area contributed by atoms with E-state index in [2.05, 4.69) is 24.1 Å². The maximum Gasteiger partial charge on any atom is 0.255 e. The average molecular weight is 361 g/mol. The van der Waals surface area contributed by atoms with Crippen LogP contribution in [0, 0.1) is 11.8 Å². The Morgan fingerprint density at radius 1 is 1.38 bits per heavy atom. The van der Waals surface area contributed by atoms with Gasteiger partial charge in [0.1, 0.15) is 11.6 Å². The molecule has 1 unspecified atom stereocenters. The van der Waals surface area contributed by atoms with Crippen LogP contribution in [0.1, 0.15) is 43.5 Å². The summed E-state index contributed by atoms with van der Waals surface area (Å²) in [5, 5.41) is 3.11. The van der Waals surface area contributed by atoms with Crippen molar-refractivity contribution >= 4 is 17.5 Å². The highest BCUT2D eigenvalue weighted by Gasteiger charge is 2.29. The Hall–Kier alpha value is -1.95. The summed E-state index contributed by atoms with van der Waals surface area (Å²) in [7, 11) is 3.90. The predicted octanol–water partition coefficient (Wildman–Crippen LogP) is 2.20. The molecule has 1 amide bonds. The quantitative estimate of drug-likeness (QED) is 0.770. The normalized spacial score (nSPS) is 17.4. The molecule has 1 aromatic heterocycles. The molecule has 0 saturated carbocycles. The van der Waals surface area contributed by atoms with E-state index in [0.717, 1.165) is 31.7 Å². The third-order valence-corrected chi connectivity index (χ3v) is 4.86. The number of piperidine rings is 1. The van der Waals surface area contributed by atoms with Crippen LogP contribution in [0.4, 0.5) is 5.82 Å². The lowest BCUT2D eigenvalue weighted by Gasteiger charge is -2.32. The fourth-order valence-electron chi connectivity index (χ4n) is 3.31. The minimum absolute atomic E-state index is 0.0185. The molecule has 0 spiro atoms. The summed E-state index contributed by atoms with van der Waals surface area (Å²) in [6, 6.07) is 3.72. The molecule has 1 aromatic rings. The summed E-state index contributed by atoms with van der Waals surface area (Å²) in [5.74, 6) is 1.46. The van der Waals surface area contributed by atoms with Gasteiger partial charge in [-0.1, -0.05) is 13.8 Å². The van der Waals surface area contributed by atoms with Gasteiger partial charge in [-0.3, -0.25) is 9.59 Å². The largest absolute Gasteiger partial charge is 0.358 e. The fourth-order valence-corrected chi connectivity index (χ4v) is 3.31. The van der Waals surface area contributed by atoms with Gasteiger partial charge in [0.05, 0.1) is 5.56 Å². The standard InChI is InChI=1S/C20H32N4O2/c1-15(2)12-18(25)17-6-5-10-24(14-17)20(26)16-7-8-19(22-13-16)23(4)11-9-21-3/h7-8,13,15,17,21H,5-6,9-12,14H2,1-4H3. The van der Waals surface area contributed by atoms with Crippen molar-refractivity contribution in [3.05, 3.63) is 23.9 Å². The summed E-state index contributed by atoms with van der Waals surface area (Å²) >= 11 is 0. The van der Waals surface area contributed by atoms with Crippen molar-refractivity contribution in [1.29, 1.82) is 0 Å². The lowest BCUT2D eigenvalue weighted by molar-refractivity contribution is -0.124. The second-order valence-electron chi connectivity index (χ2n) is 7.58. The van der Waals surface area contributed by atoms with Gasteiger partial charge in [-0.05, 0) is 37.9 Å². The number of hydrogen-bond donors (Lipinski definition) is 1. The zero-order valence-corrected chi connectivity index (χ0v) is 16.5. The molecule has 26 heavy (non-hydrogen) atoms. The molecule has 144 valence electrons. The zero-order chi connectivity index (χ0) is 19.1. The van der Waals surface area contributed by atoms with Gasteiger partial charge in [0.2, 0.25) is 0 Å². The number of likely N-dealkylation sites (N-methyl/N-ethyl adjacent to an activating group) is 2. The van der Waals surface area contributed by atoms with Crippen LogP contribution in [0.25, 0.3) is 0 Å². The van der Waals surface area contributed by atoms with Crippen molar-refractivity contribution in [3.63, 3.8) is 0 Å². The van der Waals surface area contributed by atoms with E-state index in [1.54, 1.807) is 6.20 Å². The molecule has 6 nitrogen and oxygen atoms in total. The Kier molecular flexibility index (Phi) is 7.57. The maximum absolute atomic E-state index is 12.8. The third kappa shape index (κ3) is 5.53. The number of nitrogens with zero attached hydrogens (tertiary/aromatic N) is 3. The number of anilines is 1. The monoisotopic (exact) mass is 360 g/mol. The first-order chi connectivity index (χ1) is 12.4. The van der Waals surface area contributed by atoms with Gasteiger partial charge in [0.15, 0.2) is 0 Å². The van der Waals surface area contributed by atoms with Crippen LogP contribution in [0.15, 0.2) is 18.3 Å². The number of pyridine rings is 1. The number of nitrogens with one attached hydrogen (secondary N) is 1. The molecule has 2 heterocycles. The van der Waals surface area contributed by atoms with Gasteiger partial charge in [0.25, 0.3) is 5.91 Å². The lowest BCUT2D eigenvalue weighted by Crippen LogP contribution is -2.42. The summed E-state index contributed by atoms with van der Waals surface area (Å²) in [4.78, 5) is 33.4. The minimum atomic E-state index is -0.0241. The summed E-state index contributed by atoms with van der Waals surface area (Å²) in [6.07, 6.45) is 4.02. The van der Waals surface area contributed by atoms with Crippen molar-refractivity contribution in [3.8, 4) is 0 Å². The van der Waals surface area contributed by atoms with Crippen molar-refractivity contribution in [1.82, 2.24) is 15.2 Å². The minimum Gasteiger partial charge on any atom is -0.358 e. The molecule has 0 radical (unpaired) electrons. The number of amides is 1.